The Kier molecular flexibility index (Phi) is 9.71. The predicted octanol–water partition coefficient (Wildman–Crippen LogP) is 3.96. The molecule has 13 heteroatoms. The van der Waals surface area contributed by atoms with E-state index in [1.807, 2.05) is 49.9 Å². The maximum atomic E-state index is 12.2. The van der Waals surface area contributed by atoms with E-state index in [0.29, 0.717) is 30.7 Å². The molecule has 0 N–H and O–H groups in total. The molecular formula is C32H40N8O5. The molecule has 1 spiro atoms. The first-order valence-corrected chi connectivity index (χ1v) is 14.7. The number of amides is 1. The van der Waals surface area contributed by atoms with E-state index in [1.165, 1.54) is 5.56 Å². The molecule has 4 heterocycles. The fourth-order valence-electron chi connectivity index (χ4n) is 5.58. The Morgan fingerprint density at radius 2 is 1.40 bits per heavy atom. The minimum Gasteiger partial charge on any atom is -0.444 e. The first-order valence-electron chi connectivity index (χ1n) is 14.7. The third-order valence-electron chi connectivity index (χ3n) is 7.40. The van der Waals surface area contributed by atoms with Gasteiger partial charge in [-0.2, -0.15) is 0 Å². The van der Waals surface area contributed by atoms with Gasteiger partial charge in [0, 0.05) is 69.0 Å². The van der Waals surface area contributed by atoms with Gasteiger partial charge in [0.05, 0.1) is 0 Å². The molecule has 6 rings (SSSR count). The van der Waals surface area contributed by atoms with Gasteiger partial charge in [-0.3, -0.25) is 9.69 Å². The highest BCUT2D eigenvalue weighted by Gasteiger charge is 2.53. The summed E-state index contributed by atoms with van der Waals surface area (Å²) in [7, 11) is 3.22. The summed E-state index contributed by atoms with van der Waals surface area (Å²) in [6.07, 6.45) is 3.85. The molecule has 13 nitrogen and oxygen atoms in total. The zero-order valence-corrected chi connectivity index (χ0v) is 26.4. The highest BCUT2D eigenvalue weighted by molar-refractivity contribution is 5.85. The summed E-state index contributed by atoms with van der Waals surface area (Å²) in [5.41, 5.74) is 3.35. The molecule has 238 valence electrons. The number of ether oxygens (including phenoxy) is 3. The molecule has 2 saturated heterocycles. The smallest absolute Gasteiger partial charge is 0.410 e. The van der Waals surface area contributed by atoms with Crippen LogP contribution in [-0.4, -0.2) is 97.7 Å². The standard InChI is InChI=1S/C21H29N5O3.C11H11N3O2/c1-20(2,3)29-19(27)25-12-21(13-25)10-24(11-21)9-16-7-5-6-8-17(16)18-22-14-26(23-18)15-28-4;1-16-8-14-7-12-11(13-14)10-5-3-2-4-9(10)6-15/h5-8,14H,9-13,15H2,1-4H3;2-7H,8H2,1H3. The molecule has 2 fully saturated rings. The normalized spacial score (nSPS) is 15.5. The topological polar surface area (TPSA) is 130 Å². The Bertz CT molecular complexity index is 1600. The van der Waals surface area contributed by atoms with Gasteiger partial charge in [-0.05, 0) is 26.3 Å². The Hall–Kier alpha value is -4.46. The van der Waals surface area contributed by atoms with E-state index in [1.54, 1.807) is 48.4 Å². The van der Waals surface area contributed by atoms with Crippen molar-refractivity contribution in [3.63, 3.8) is 0 Å². The quantitative estimate of drug-likeness (QED) is 0.255. The number of nitrogens with zero attached hydrogens (tertiary/aromatic N) is 8. The number of hydrogen-bond donors (Lipinski definition) is 0. The van der Waals surface area contributed by atoms with Crippen molar-refractivity contribution in [1.82, 2.24) is 39.3 Å². The molecule has 2 aromatic carbocycles. The number of rotatable bonds is 9. The van der Waals surface area contributed by atoms with Crippen molar-refractivity contribution in [3.8, 4) is 22.8 Å². The van der Waals surface area contributed by atoms with Crippen LogP contribution >= 0.6 is 0 Å². The lowest BCUT2D eigenvalue weighted by Crippen LogP contribution is -2.72. The minimum atomic E-state index is -0.445. The van der Waals surface area contributed by atoms with Crippen molar-refractivity contribution in [2.24, 2.45) is 5.41 Å². The van der Waals surface area contributed by atoms with Gasteiger partial charge >= 0.3 is 6.09 Å². The summed E-state index contributed by atoms with van der Waals surface area (Å²) in [4.78, 5) is 35.8. The van der Waals surface area contributed by atoms with Gasteiger partial charge in [-0.15, -0.1) is 10.2 Å². The summed E-state index contributed by atoms with van der Waals surface area (Å²) in [5, 5.41) is 8.70. The summed E-state index contributed by atoms with van der Waals surface area (Å²) >= 11 is 0. The molecule has 2 aliphatic rings. The third-order valence-corrected chi connectivity index (χ3v) is 7.40. The molecule has 2 aromatic heterocycles. The minimum absolute atomic E-state index is 0.204. The monoisotopic (exact) mass is 616 g/mol. The molecule has 0 atom stereocenters. The van der Waals surface area contributed by atoms with Gasteiger partial charge < -0.3 is 19.1 Å². The average Bonchev–Trinajstić information content (AvgIpc) is 3.63. The van der Waals surface area contributed by atoms with Crippen LogP contribution in [0.3, 0.4) is 0 Å². The molecule has 1 amide bonds. The number of likely N-dealkylation sites (tertiary alicyclic amines) is 2. The molecule has 0 saturated carbocycles. The lowest BCUT2D eigenvalue weighted by Gasteiger charge is -2.60. The molecule has 0 radical (unpaired) electrons. The fraction of sp³-hybridized carbons (Fsp3) is 0.438. The van der Waals surface area contributed by atoms with Crippen LogP contribution in [-0.2, 0) is 34.2 Å². The lowest BCUT2D eigenvalue weighted by molar-refractivity contribution is -0.115. The van der Waals surface area contributed by atoms with Crippen molar-refractivity contribution in [2.75, 3.05) is 40.4 Å². The maximum absolute atomic E-state index is 12.2. The summed E-state index contributed by atoms with van der Waals surface area (Å²) in [5.74, 6) is 1.24. The van der Waals surface area contributed by atoms with E-state index in [9.17, 15) is 9.59 Å². The fourth-order valence-corrected chi connectivity index (χ4v) is 5.58. The number of carbonyl (C=O) groups excluding carboxylic acids is 2. The number of carbonyl (C=O) groups is 2. The van der Waals surface area contributed by atoms with E-state index in [2.05, 4.69) is 37.2 Å². The zero-order chi connectivity index (χ0) is 32.0. The molecular weight excluding hydrogens is 576 g/mol. The highest BCUT2D eigenvalue weighted by Crippen LogP contribution is 2.41. The van der Waals surface area contributed by atoms with Crippen molar-refractivity contribution >= 4 is 12.4 Å². The zero-order valence-electron chi connectivity index (χ0n) is 26.4. The van der Waals surface area contributed by atoms with Gasteiger partial charge in [-0.1, -0.05) is 48.5 Å². The van der Waals surface area contributed by atoms with Gasteiger partial charge in [0.2, 0.25) is 0 Å². The van der Waals surface area contributed by atoms with Crippen LogP contribution in [0.15, 0.2) is 61.2 Å². The van der Waals surface area contributed by atoms with Crippen molar-refractivity contribution in [1.29, 1.82) is 0 Å². The van der Waals surface area contributed by atoms with E-state index in [0.717, 1.165) is 50.1 Å². The predicted molar refractivity (Wildman–Crippen MR) is 166 cm³/mol. The van der Waals surface area contributed by atoms with Crippen LogP contribution in [0.2, 0.25) is 0 Å². The largest absolute Gasteiger partial charge is 0.444 e. The molecule has 0 unspecified atom stereocenters. The SMILES string of the molecule is COCn1cnc(-c2ccccc2C=O)n1.COCn1cnc(-c2ccccc2CN2CC3(C2)CN(C(=O)OC(C)(C)C)C3)n1. The molecule has 4 aromatic rings. The van der Waals surface area contributed by atoms with Crippen LogP contribution in [0.1, 0.15) is 36.7 Å². The Morgan fingerprint density at radius 1 is 0.844 bits per heavy atom. The van der Waals surface area contributed by atoms with Crippen LogP contribution in [0.5, 0.6) is 0 Å². The van der Waals surface area contributed by atoms with Gasteiger partial charge in [0.15, 0.2) is 17.9 Å². The van der Waals surface area contributed by atoms with Crippen LogP contribution in [0.4, 0.5) is 4.79 Å². The van der Waals surface area contributed by atoms with E-state index < -0.39 is 5.60 Å². The van der Waals surface area contributed by atoms with Crippen LogP contribution < -0.4 is 0 Å². The Balaban J connectivity index is 0.000000211. The number of aldehydes is 1. The van der Waals surface area contributed by atoms with E-state index in [-0.39, 0.29) is 11.5 Å². The van der Waals surface area contributed by atoms with Gasteiger partial charge in [0.1, 0.15) is 31.7 Å². The molecule has 2 aliphatic heterocycles. The summed E-state index contributed by atoms with van der Waals surface area (Å²) in [6.45, 7) is 10.8. The van der Waals surface area contributed by atoms with E-state index in [4.69, 9.17) is 14.2 Å². The molecule has 0 aliphatic carbocycles. The first-order chi connectivity index (χ1) is 21.6. The van der Waals surface area contributed by atoms with Crippen molar-refractivity contribution < 1.29 is 23.8 Å². The Labute approximate surface area is 262 Å². The summed E-state index contributed by atoms with van der Waals surface area (Å²) < 4.78 is 18.7. The maximum Gasteiger partial charge on any atom is 0.410 e. The van der Waals surface area contributed by atoms with Gasteiger partial charge in [-0.25, -0.2) is 24.1 Å². The first kappa shape index (κ1) is 31.9. The lowest BCUT2D eigenvalue weighted by atomic mass is 9.73. The van der Waals surface area contributed by atoms with Gasteiger partial charge in [0.25, 0.3) is 0 Å². The number of benzene rings is 2. The van der Waals surface area contributed by atoms with E-state index >= 15 is 0 Å². The van der Waals surface area contributed by atoms with Crippen LogP contribution in [0, 0.1) is 5.41 Å². The third kappa shape index (κ3) is 7.80. The molecule has 45 heavy (non-hydrogen) atoms. The molecule has 0 bridgehead atoms. The summed E-state index contributed by atoms with van der Waals surface area (Å²) in [6, 6.07) is 15.5. The second-order valence-corrected chi connectivity index (χ2v) is 12.4. The number of hydrogen-bond acceptors (Lipinski definition) is 10. The number of aromatic nitrogens is 6. The van der Waals surface area contributed by atoms with Crippen molar-refractivity contribution in [2.45, 2.75) is 46.4 Å². The van der Waals surface area contributed by atoms with Crippen LogP contribution in [0.25, 0.3) is 22.8 Å². The Morgan fingerprint density at radius 3 is 1.98 bits per heavy atom. The van der Waals surface area contributed by atoms with Crippen molar-refractivity contribution in [3.05, 3.63) is 72.3 Å². The highest BCUT2D eigenvalue weighted by atomic mass is 16.6. The second kappa shape index (κ2) is 13.7. The second-order valence-electron chi connectivity index (χ2n) is 12.4. The number of methoxy groups -OCH3 is 2. The average molecular weight is 617 g/mol.